The molecule has 0 amide bonds. The van der Waals surface area contributed by atoms with Gasteiger partial charge in [0.15, 0.2) is 12.4 Å². The summed E-state index contributed by atoms with van der Waals surface area (Å²) in [5, 5.41) is 11.8. The van der Waals surface area contributed by atoms with Crippen LogP contribution in [-0.4, -0.2) is 82.3 Å². The summed E-state index contributed by atoms with van der Waals surface area (Å²) >= 11 is 0. The second kappa shape index (κ2) is 57.7. The van der Waals surface area contributed by atoms with Crippen LogP contribution in [0, 0.1) is 0 Å². The van der Waals surface area contributed by atoms with E-state index in [-0.39, 0.29) is 32.2 Å². The average molecular weight is 1060 g/mol. The molecule has 9 heteroatoms. The molecule has 0 N–H and O–H groups in total. The molecule has 0 aromatic carbocycles. The Morgan fingerprint density at radius 3 is 1.07 bits per heavy atom. The predicted octanol–water partition coefficient (Wildman–Crippen LogP) is 17.9. The second-order valence-corrected chi connectivity index (χ2v) is 23.0. The molecular weight excluding hydrogens is 935 g/mol. The molecule has 440 valence electrons. The molecule has 0 aromatic rings. The van der Waals surface area contributed by atoms with E-state index in [1.54, 1.807) is 0 Å². The molecule has 0 fully saturated rings. The molecule has 0 aliphatic rings. The minimum absolute atomic E-state index is 0.149. The van der Waals surface area contributed by atoms with Crippen molar-refractivity contribution < 1.29 is 42.9 Å². The van der Waals surface area contributed by atoms with Crippen LogP contribution in [0.15, 0.2) is 36.5 Å². The van der Waals surface area contributed by atoms with Gasteiger partial charge < -0.3 is 33.3 Å². The first-order valence-corrected chi connectivity index (χ1v) is 32.1. The summed E-state index contributed by atoms with van der Waals surface area (Å²) in [4.78, 5) is 37.4. The second-order valence-electron chi connectivity index (χ2n) is 23.0. The molecular formula is C66H123NO8. The first-order valence-electron chi connectivity index (χ1n) is 32.1. The topological polar surface area (TPSA) is 111 Å². The third-order valence-electron chi connectivity index (χ3n) is 14.4. The Bertz CT molecular complexity index is 1320. The number of carbonyl (C=O) groups is 3. The van der Waals surface area contributed by atoms with Crippen LogP contribution in [0.25, 0.3) is 0 Å². The third kappa shape index (κ3) is 59.0. The number of carboxylic acids is 1. The fourth-order valence-electron chi connectivity index (χ4n) is 9.39. The SMILES string of the molecule is CCCCCCC/C=C\C/C=C\CCCCCCCCCCCCCCCCCCCC(=O)OC(COC(=O)CCCCCCCCCCC/C=C\CCCCCCCCCC)COC(OCC[N+](C)(C)C)C(=O)[O-]. The van der Waals surface area contributed by atoms with Crippen LogP contribution in [0.4, 0.5) is 0 Å². The van der Waals surface area contributed by atoms with Gasteiger partial charge in [0.05, 0.1) is 40.3 Å². The lowest BCUT2D eigenvalue weighted by atomic mass is 10.0. The van der Waals surface area contributed by atoms with E-state index < -0.39 is 24.3 Å². The van der Waals surface area contributed by atoms with Crippen LogP contribution in [0.2, 0.25) is 0 Å². The highest BCUT2D eigenvalue weighted by Gasteiger charge is 2.22. The Labute approximate surface area is 464 Å². The van der Waals surface area contributed by atoms with Crippen molar-refractivity contribution >= 4 is 17.9 Å². The molecule has 0 saturated heterocycles. The van der Waals surface area contributed by atoms with Gasteiger partial charge in [-0.15, -0.1) is 0 Å². The summed E-state index contributed by atoms with van der Waals surface area (Å²) in [7, 11) is 5.93. The Morgan fingerprint density at radius 1 is 0.400 bits per heavy atom. The maximum atomic E-state index is 12.9. The van der Waals surface area contributed by atoms with Gasteiger partial charge in [-0.25, -0.2) is 0 Å². The largest absolute Gasteiger partial charge is 0.545 e. The van der Waals surface area contributed by atoms with Crippen molar-refractivity contribution in [1.82, 2.24) is 0 Å². The molecule has 0 heterocycles. The van der Waals surface area contributed by atoms with Crippen molar-refractivity contribution in [2.45, 2.75) is 322 Å². The Morgan fingerprint density at radius 2 is 0.720 bits per heavy atom. The lowest BCUT2D eigenvalue weighted by Gasteiger charge is -2.26. The first kappa shape index (κ1) is 72.5. The maximum absolute atomic E-state index is 12.9. The minimum Gasteiger partial charge on any atom is -0.545 e. The summed E-state index contributed by atoms with van der Waals surface area (Å²) < 4.78 is 22.8. The van der Waals surface area contributed by atoms with Crippen LogP contribution in [0.5, 0.6) is 0 Å². The normalized spacial score (nSPS) is 12.9. The molecule has 75 heavy (non-hydrogen) atoms. The van der Waals surface area contributed by atoms with Gasteiger partial charge >= 0.3 is 11.9 Å². The standard InChI is InChI=1S/C66H123NO8/c1-6-8-10-12-14-16-18-20-22-24-26-28-29-30-31-32-33-34-35-37-39-41-43-45-47-49-51-53-55-57-64(69)75-62(61-74-66(65(70)71)72-59-58-67(3,4)5)60-73-63(68)56-54-52-50-48-46-44-42-40-38-36-27-25-23-21-19-17-15-13-11-9-7-2/h18,20,24-27,62,66H,6-17,19,21-23,28-61H2,1-5H3/b20-18-,26-24-,27-25-. The fourth-order valence-corrected chi connectivity index (χ4v) is 9.39. The van der Waals surface area contributed by atoms with Crippen LogP contribution in [0.3, 0.4) is 0 Å². The van der Waals surface area contributed by atoms with E-state index in [9.17, 15) is 19.5 Å². The molecule has 0 aliphatic carbocycles. The number of aliphatic carboxylic acids is 1. The van der Waals surface area contributed by atoms with Crippen LogP contribution in [0.1, 0.15) is 309 Å². The number of hydrogen-bond donors (Lipinski definition) is 0. The van der Waals surface area contributed by atoms with Gasteiger partial charge in [0, 0.05) is 12.8 Å². The van der Waals surface area contributed by atoms with Gasteiger partial charge in [0.2, 0.25) is 0 Å². The highest BCUT2D eigenvalue weighted by Crippen LogP contribution is 2.17. The van der Waals surface area contributed by atoms with Crippen molar-refractivity contribution in [3.05, 3.63) is 36.5 Å². The molecule has 2 unspecified atom stereocenters. The molecule has 0 aromatic heterocycles. The summed E-state index contributed by atoms with van der Waals surface area (Å²) in [6, 6.07) is 0. The van der Waals surface area contributed by atoms with E-state index in [0.717, 1.165) is 38.5 Å². The van der Waals surface area contributed by atoms with Crippen molar-refractivity contribution in [3.8, 4) is 0 Å². The van der Waals surface area contributed by atoms with Gasteiger partial charge in [-0.1, -0.05) is 262 Å². The van der Waals surface area contributed by atoms with E-state index in [4.69, 9.17) is 18.9 Å². The number of allylic oxidation sites excluding steroid dienone is 6. The number of rotatable bonds is 60. The first-order chi connectivity index (χ1) is 36.6. The highest BCUT2D eigenvalue weighted by molar-refractivity contribution is 5.70. The lowest BCUT2D eigenvalue weighted by Crippen LogP contribution is -2.44. The van der Waals surface area contributed by atoms with Crippen molar-refractivity contribution in [1.29, 1.82) is 0 Å². The predicted molar refractivity (Wildman–Crippen MR) is 316 cm³/mol. The number of ether oxygens (including phenoxy) is 4. The number of unbranched alkanes of at least 4 members (excludes halogenated alkanes) is 39. The summed E-state index contributed by atoms with van der Waals surface area (Å²) in [6.07, 6.45) is 67.8. The van der Waals surface area contributed by atoms with Gasteiger partial charge in [-0.3, -0.25) is 9.59 Å². The Balaban J connectivity index is 4.13. The molecule has 0 bridgehead atoms. The van der Waals surface area contributed by atoms with Gasteiger partial charge in [0.1, 0.15) is 13.2 Å². The van der Waals surface area contributed by atoms with Crippen LogP contribution >= 0.6 is 0 Å². The van der Waals surface area contributed by atoms with Gasteiger partial charge in [-0.2, -0.15) is 0 Å². The molecule has 0 spiro atoms. The smallest absolute Gasteiger partial charge is 0.306 e. The molecule has 2 atom stereocenters. The molecule has 0 aliphatic heterocycles. The van der Waals surface area contributed by atoms with E-state index in [0.29, 0.717) is 23.9 Å². The van der Waals surface area contributed by atoms with Crippen LogP contribution in [-0.2, 0) is 33.3 Å². The fraction of sp³-hybridized carbons (Fsp3) is 0.864. The van der Waals surface area contributed by atoms with Crippen molar-refractivity contribution in [2.75, 3.05) is 47.5 Å². The minimum atomic E-state index is -1.62. The summed E-state index contributed by atoms with van der Waals surface area (Å²) in [6.45, 7) is 4.78. The monoisotopic (exact) mass is 1060 g/mol. The van der Waals surface area contributed by atoms with E-state index in [1.165, 1.54) is 238 Å². The Kier molecular flexibility index (Phi) is 55.8. The molecule has 0 rings (SSSR count). The van der Waals surface area contributed by atoms with E-state index in [2.05, 4.69) is 50.3 Å². The third-order valence-corrected chi connectivity index (χ3v) is 14.4. The van der Waals surface area contributed by atoms with Gasteiger partial charge in [0.25, 0.3) is 0 Å². The average Bonchev–Trinajstić information content (AvgIpc) is 3.38. The van der Waals surface area contributed by atoms with E-state index in [1.807, 2.05) is 21.1 Å². The molecule has 9 nitrogen and oxygen atoms in total. The number of carbonyl (C=O) groups excluding carboxylic acids is 3. The number of esters is 2. The van der Waals surface area contributed by atoms with Crippen molar-refractivity contribution in [3.63, 3.8) is 0 Å². The summed E-state index contributed by atoms with van der Waals surface area (Å²) in [5.41, 5.74) is 0. The molecule has 0 saturated carbocycles. The quantitative estimate of drug-likeness (QED) is 0.0195. The van der Waals surface area contributed by atoms with Gasteiger partial charge in [-0.05, 0) is 70.6 Å². The lowest BCUT2D eigenvalue weighted by molar-refractivity contribution is -0.870. The zero-order chi connectivity index (χ0) is 54.8. The van der Waals surface area contributed by atoms with Crippen LogP contribution < -0.4 is 5.11 Å². The summed E-state index contributed by atoms with van der Waals surface area (Å²) in [5.74, 6) is -2.27. The number of likely N-dealkylation sites (N-methyl/N-ethyl adjacent to an activating group) is 1. The molecule has 0 radical (unpaired) electrons. The van der Waals surface area contributed by atoms with Crippen molar-refractivity contribution in [2.24, 2.45) is 0 Å². The zero-order valence-corrected chi connectivity index (χ0v) is 50.2. The Hall–Kier alpha value is -2.49. The zero-order valence-electron chi connectivity index (χ0n) is 50.2. The number of nitrogens with zero attached hydrogens (tertiary/aromatic N) is 1. The number of hydrogen-bond acceptors (Lipinski definition) is 8. The highest BCUT2D eigenvalue weighted by atomic mass is 16.7. The number of quaternary nitrogens is 1. The maximum Gasteiger partial charge on any atom is 0.306 e. The number of carboxylic acid groups (broad SMARTS) is 1. The van der Waals surface area contributed by atoms with E-state index >= 15 is 0 Å².